The van der Waals surface area contributed by atoms with Gasteiger partial charge in [0, 0.05) is 20.6 Å². The van der Waals surface area contributed by atoms with Crippen molar-refractivity contribution in [1.29, 1.82) is 0 Å². The zero-order chi connectivity index (χ0) is 13.9. The third-order valence-electron chi connectivity index (χ3n) is 2.56. The molecule has 0 heterocycles. The molecule has 1 aromatic rings. The van der Waals surface area contributed by atoms with Crippen molar-refractivity contribution >= 4 is 17.0 Å². The highest BCUT2D eigenvalue weighted by molar-refractivity contribution is 8.13. The third-order valence-corrected chi connectivity index (χ3v) is 3.64. The number of nitrogens with zero attached hydrogens (tertiary/aromatic N) is 2. The van der Waals surface area contributed by atoms with Crippen molar-refractivity contribution in [2.75, 3.05) is 28.2 Å². The van der Waals surface area contributed by atoms with Crippen LogP contribution in [-0.2, 0) is 6.54 Å². The van der Waals surface area contributed by atoms with Crippen LogP contribution < -0.4 is 0 Å². The molecule has 0 spiro atoms. The maximum Gasteiger partial charge on any atom is 0.286 e. The van der Waals surface area contributed by atoms with Crippen molar-refractivity contribution in [2.45, 2.75) is 18.4 Å². The number of hydrogen-bond acceptors (Lipinski definition) is 4. The van der Waals surface area contributed by atoms with E-state index >= 15 is 0 Å². The van der Waals surface area contributed by atoms with Crippen LogP contribution in [0.15, 0.2) is 17.0 Å². The Morgan fingerprint density at radius 3 is 2.39 bits per heavy atom. The average molecular weight is 268 g/mol. The molecule has 4 nitrogen and oxygen atoms in total. The number of thioether (sulfide) groups is 1. The summed E-state index contributed by atoms with van der Waals surface area (Å²) < 4.78 is 0. The number of benzene rings is 1. The van der Waals surface area contributed by atoms with E-state index in [2.05, 4.69) is 0 Å². The number of amides is 1. The first kappa shape index (κ1) is 14.9. The van der Waals surface area contributed by atoms with E-state index < -0.39 is 0 Å². The van der Waals surface area contributed by atoms with Gasteiger partial charge in [-0.3, -0.25) is 4.79 Å². The maximum absolute atomic E-state index is 11.6. The van der Waals surface area contributed by atoms with Crippen LogP contribution in [0.1, 0.15) is 11.1 Å². The Hall–Kier alpha value is -1.20. The van der Waals surface area contributed by atoms with Crippen molar-refractivity contribution in [3.8, 4) is 5.75 Å². The van der Waals surface area contributed by atoms with E-state index in [1.165, 1.54) is 4.90 Å². The Balaban J connectivity index is 2.97. The molecule has 18 heavy (non-hydrogen) atoms. The molecule has 0 aliphatic heterocycles. The molecule has 100 valence electrons. The number of carbonyl (C=O) groups is 1. The summed E-state index contributed by atoms with van der Waals surface area (Å²) in [6, 6.07) is 3.76. The molecule has 0 atom stereocenters. The van der Waals surface area contributed by atoms with Gasteiger partial charge in [0.2, 0.25) is 0 Å². The van der Waals surface area contributed by atoms with E-state index in [-0.39, 0.29) is 11.0 Å². The lowest BCUT2D eigenvalue weighted by Crippen LogP contribution is -2.16. The molecule has 1 rings (SSSR count). The van der Waals surface area contributed by atoms with Gasteiger partial charge in [-0.15, -0.1) is 0 Å². The number of phenolic OH excluding ortho intramolecular Hbond substituents is 1. The number of aromatic hydroxyl groups is 1. The second kappa shape index (κ2) is 6.11. The van der Waals surface area contributed by atoms with Gasteiger partial charge in [0.15, 0.2) is 0 Å². The van der Waals surface area contributed by atoms with Gasteiger partial charge in [-0.05, 0) is 50.0 Å². The van der Waals surface area contributed by atoms with Crippen LogP contribution in [0.5, 0.6) is 5.75 Å². The van der Waals surface area contributed by atoms with E-state index in [4.69, 9.17) is 0 Å². The second-order valence-electron chi connectivity index (χ2n) is 4.70. The SMILES string of the molecule is Cc1c(CN(C)C)ccc(SC(=O)N(C)C)c1O. The molecule has 0 unspecified atom stereocenters. The smallest absolute Gasteiger partial charge is 0.286 e. The number of rotatable bonds is 3. The summed E-state index contributed by atoms with van der Waals surface area (Å²) in [6.45, 7) is 2.64. The van der Waals surface area contributed by atoms with E-state index in [0.717, 1.165) is 29.4 Å². The summed E-state index contributed by atoms with van der Waals surface area (Å²) in [5.41, 5.74) is 1.90. The lowest BCUT2D eigenvalue weighted by Gasteiger charge is -2.16. The van der Waals surface area contributed by atoms with Crippen LogP contribution in [0.25, 0.3) is 0 Å². The molecule has 1 aromatic carbocycles. The van der Waals surface area contributed by atoms with Crippen molar-refractivity contribution in [3.63, 3.8) is 0 Å². The highest BCUT2D eigenvalue weighted by Gasteiger charge is 2.14. The van der Waals surface area contributed by atoms with Crippen LogP contribution >= 0.6 is 11.8 Å². The minimum absolute atomic E-state index is 0.0925. The van der Waals surface area contributed by atoms with Crippen molar-refractivity contribution in [1.82, 2.24) is 9.80 Å². The molecular formula is C13H20N2O2S. The summed E-state index contributed by atoms with van der Waals surface area (Å²) >= 11 is 1.04. The highest BCUT2D eigenvalue weighted by Crippen LogP contribution is 2.34. The van der Waals surface area contributed by atoms with Gasteiger partial charge in [-0.2, -0.15) is 0 Å². The van der Waals surface area contributed by atoms with E-state index in [1.54, 1.807) is 20.2 Å². The quantitative estimate of drug-likeness (QED) is 0.856. The van der Waals surface area contributed by atoms with E-state index in [0.29, 0.717) is 4.90 Å². The van der Waals surface area contributed by atoms with Crippen molar-refractivity contribution in [3.05, 3.63) is 23.3 Å². The van der Waals surface area contributed by atoms with Gasteiger partial charge in [-0.1, -0.05) is 6.07 Å². The molecule has 0 saturated carbocycles. The molecule has 0 aliphatic rings. The molecule has 0 bridgehead atoms. The third kappa shape index (κ3) is 3.65. The Kier molecular flexibility index (Phi) is 5.04. The van der Waals surface area contributed by atoms with E-state index in [1.807, 2.05) is 32.0 Å². The molecule has 0 fully saturated rings. The Morgan fingerprint density at radius 1 is 1.28 bits per heavy atom. The lowest BCUT2D eigenvalue weighted by atomic mass is 10.1. The predicted molar refractivity (Wildman–Crippen MR) is 75.2 cm³/mol. The number of carbonyl (C=O) groups excluding carboxylic acids is 1. The first-order chi connectivity index (χ1) is 8.32. The molecule has 1 N–H and O–H groups in total. The summed E-state index contributed by atoms with van der Waals surface area (Å²) in [6.07, 6.45) is 0. The normalized spacial score (nSPS) is 10.8. The Labute approximate surface area is 113 Å². The van der Waals surface area contributed by atoms with Gasteiger partial charge in [-0.25, -0.2) is 0 Å². The van der Waals surface area contributed by atoms with Crippen LogP contribution in [0, 0.1) is 6.92 Å². The van der Waals surface area contributed by atoms with Crippen molar-refractivity contribution in [2.24, 2.45) is 0 Å². The Bertz CT molecular complexity index is 445. The topological polar surface area (TPSA) is 43.8 Å². The summed E-state index contributed by atoms with van der Waals surface area (Å²) in [5.74, 6) is 0.203. The first-order valence-corrected chi connectivity index (χ1v) is 6.50. The number of hydrogen-bond donors (Lipinski definition) is 1. The molecular weight excluding hydrogens is 248 g/mol. The second-order valence-corrected chi connectivity index (χ2v) is 5.69. The number of phenols is 1. The van der Waals surface area contributed by atoms with Crippen molar-refractivity contribution < 1.29 is 9.90 Å². The van der Waals surface area contributed by atoms with Gasteiger partial charge in [0.05, 0.1) is 4.90 Å². The molecule has 1 amide bonds. The van der Waals surface area contributed by atoms with Crippen LogP contribution in [0.4, 0.5) is 4.79 Å². The summed E-state index contributed by atoms with van der Waals surface area (Å²) in [7, 11) is 7.35. The van der Waals surface area contributed by atoms with E-state index in [9.17, 15) is 9.90 Å². The van der Waals surface area contributed by atoms with Gasteiger partial charge in [0.25, 0.3) is 5.24 Å². The largest absolute Gasteiger partial charge is 0.506 e. The highest BCUT2D eigenvalue weighted by atomic mass is 32.2. The molecule has 0 aromatic heterocycles. The van der Waals surface area contributed by atoms with Gasteiger partial charge >= 0.3 is 0 Å². The fourth-order valence-electron chi connectivity index (χ4n) is 1.50. The minimum Gasteiger partial charge on any atom is -0.506 e. The zero-order valence-corrected chi connectivity index (χ0v) is 12.3. The Morgan fingerprint density at radius 2 is 1.89 bits per heavy atom. The fraction of sp³-hybridized carbons (Fsp3) is 0.462. The van der Waals surface area contributed by atoms with Crippen LogP contribution in [0.2, 0.25) is 0 Å². The predicted octanol–water partition coefficient (Wildman–Crippen LogP) is 2.54. The van der Waals surface area contributed by atoms with Crippen LogP contribution in [-0.4, -0.2) is 48.3 Å². The zero-order valence-electron chi connectivity index (χ0n) is 11.5. The maximum atomic E-state index is 11.6. The lowest BCUT2D eigenvalue weighted by molar-refractivity contribution is 0.241. The monoisotopic (exact) mass is 268 g/mol. The van der Waals surface area contributed by atoms with Gasteiger partial charge in [0.1, 0.15) is 5.75 Å². The molecule has 0 saturated heterocycles. The summed E-state index contributed by atoms with van der Waals surface area (Å²) in [4.78, 5) is 15.7. The molecule has 5 heteroatoms. The summed E-state index contributed by atoms with van der Waals surface area (Å²) in [5, 5.41) is 10.0. The minimum atomic E-state index is -0.0925. The fourth-order valence-corrected chi connectivity index (χ4v) is 2.25. The average Bonchev–Trinajstić information content (AvgIpc) is 2.28. The standard InChI is InChI=1S/C13H20N2O2S/c1-9-10(8-14(2)3)6-7-11(12(9)16)18-13(17)15(4)5/h6-7,16H,8H2,1-5H3. The molecule has 0 aliphatic carbocycles. The van der Waals surface area contributed by atoms with Gasteiger partial charge < -0.3 is 14.9 Å². The van der Waals surface area contributed by atoms with Crippen LogP contribution in [0.3, 0.4) is 0 Å². The first-order valence-electron chi connectivity index (χ1n) is 5.68. The molecule has 0 radical (unpaired) electrons.